The predicted molar refractivity (Wildman–Crippen MR) is 153 cm³/mol. The Morgan fingerprint density at radius 2 is 1.97 bits per heavy atom. The number of carbonyl (C=O) groups is 1. The third-order valence-electron chi connectivity index (χ3n) is 8.12. The summed E-state index contributed by atoms with van der Waals surface area (Å²) in [5, 5.41) is 7.12. The highest BCUT2D eigenvalue weighted by atomic mass is 16.5. The summed E-state index contributed by atoms with van der Waals surface area (Å²) in [4.78, 5) is 19.6. The quantitative estimate of drug-likeness (QED) is 0.181. The number of hydrogen-bond donors (Lipinski definition) is 3. The molecule has 3 fully saturated rings. The monoisotopic (exact) mass is 539 g/mol. The summed E-state index contributed by atoms with van der Waals surface area (Å²) in [7, 11) is 1.73. The zero-order valence-corrected chi connectivity index (χ0v) is 23.4. The maximum absolute atomic E-state index is 13.5. The summed E-state index contributed by atoms with van der Waals surface area (Å²) in [6.07, 6.45) is 7.24. The van der Waals surface area contributed by atoms with Gasteiger partial charge in [0.2, 0.25) is 0 Å². The first-order chi connectivity index (χ1) is 19.0. The fourth-order valence-corrected chi connectivity index (χ4v) is 5.70. The van der Waals surface area contributed by atoms with Crippen molar-refractivity contribution >= 4 is 12.2 Å². The van der Waals surface area contributed by atoms with E-state index in [2.05, 4.69) is 46.5 Å². The molecule has 0 spiro atoms. The smallest absolute Gasteiger partial charge is 0.272 e. The first kappa shape index (κ1) is 29.3. The Morgan fingerprint density at radius 1 is 1.21 bits per heavy atom. The Bertz CT molecular complexity index is 1010. The molecule has 0 aromatic heterocycles. The van der Waals surface area contributed by atoms with E-state index in [1.165, 1.54) is 11.9 Å². The van der Waals surface area contributed by atoms with Crippen LogP contribution < -0.4 is 16.4 Å². The molecular weight excluding hydrogens is 494 g/mol. The van der Waals surface area contributed by atoms with E-state index in [4.69, 9.17) is 19.9 Å². The number of benzene rings is 1. The van der Waals surface area contributed by atoms with Gasteiger partial charge in [0, 0.05) is 56.7 Å². The van der Waals surface area contributed by atoms with Gasteiger partial charge in [0.25, 0.3) is 5.91 Å². The lowest BCUT2D eigenvalue weighted by atomic mass is 9.98. The molecule has 214 valence electrons. The van der Waals surface area contributed by atoms with E-state index in [1.54, 1.807) is 7.11 Å². The van der Waals surface area contributed by atoms with Crippen LogP contribution >= 0.6 is 0 Å². The van der Waals surface area contributed by atoms with Gasteiger partial charge in [-0.15, -0.1) is 0 Å². The van der Waals surface area contributed by atoms with Gasteiger partial charge in [-0.2, -0.15) is 0 Å². The van der Waals surface area contributed by atoms with Crippen molar-refractivity contribution in [2.45, 2.75) is 75.8 Å². The van der Waals surface area contributed by atoms with Crippen LogP contribution in [-0.2, 0) is 19.0 Å². The lowest BCUT2D eigenvalue weighted by molar-refractivity contribution is -0.128. The van der Waals surface area contributed by atoms with Crippen LogP contribution in [0.25, 0.3) is 0 Å². The van der Waals surface area contributed by atoms with Crippen LogP contribution in [0.2, 0.25) is 0 Å². The lowest BCUT2D eigenvalue weighted by Gasteiger charge is -2.38. The number of hydrogen-bond acceptors (Lipinski definition) is 7. The zero-order valence-electron chi connectivity index (χ0n) is 23.4. The van der Waals surface area contributed by atoms with Gasteiger partial charge in [-0.05, 0) is 51.0 Å². The van der Waals surface area contributed by atoms with Gasteiger partial charge in [-0.25, -0.2) is 4.99 Å². The Balaban J connectivity index is 1.30. The average molecular weight is 540 g/mol. The molecule has 9 heteroatoms. The number of aliphatic imine (C=N–C) groups is 1. The highest BCUT2D eigenvalue weighted by Crippen LogP contribution is 2.31. The molecule has 0 saturated carbocycles. The molecule has 3 saturated heterocycles. The van der Waals surface area contributed by atoms with Crippen molar-refractivity contribution in [2.75, 3.05) is 40.0 Å². The van der Waals surface area contributed by atoms with Crippen LogP contribution in [0.15, 0.2) is 58.9 Å². The Morgan fingerprint density at radius 3 is 2.69 bits per heavy atom. The van der Waals surface area contributed by atoms with Gasteiger partial charge in [-0.1, -0.05) is 36.9 Å². The maximum Gasteiger partial charge on any atom is 0.272 e. The number of allylic oxidation sites excluding steroid dienone is 1. The van der Waals surface area contributed by atoms with Crippen molar-refractivity contribution in [3.63, 3.8) is 0 Å². The third kappa shape index (κ3) is 7.91. The summed E-state index contributed by atoms with van der Waals surface area (Å²) in [6.45, 7) is 9.37. The molecule has 4 N–H and O–H groups in total. The Labute approximate surface area is 232 Å². The van der Waals surface area contributed by atoms with Crippen LogP contribution in [0.5, 0.6) is 0 Å². The summed E-state index contributed by atoms with van der Waals surface area (Å²) >= 11 is 0. The molecule has 0 unspecified atom stereocenters. The van der Waals surface area contributed by atoms with Gasteiger partial charge >= 0.3 is 0 Å². The number of amides is 1. The van der Waals surface area contributed by atoms with Crippen molar-refractivity contribution in [1.29, 1.82) is 0 Å². The Hall–Kier alpha value is -2.72. The highest BCUT2D eigenvalue weighted by molar-refractivity contribution is 5.95. The number of methoxy groups -OCH3 is 1. The number of likely N-dealkylation sites (tertiary alicyclic amines) is 1. The normalized spacial score (nSPS) is 27.3. The fraction of sp³-hybridized carbons (Fsp3) is 0.600. The largest absolute Gasteiger partial charge is 0.390 e. The van der Waals surface area contributed by atoms with E-state index in [9.17, 15) is 4.79 Å². The molecule has 0 radical (unpaired) electrons. The van der Waals surface area contributed by atoms with Gasteiger partial charge in [0.1, 0.15) is 5.70 Å². The fourth-order valence-electron chi connectivity index (χ4n) is 5.70. The van der Waals surface area contributed by atoms with Gasteiger partial charge in [-0.3, -0.25) is 4.79 Å². The molecule has 3 heterocycles. The molecule has 3 aliphatic heterocycles. The maximum atomic E-state index is 13.5. The third-order valence-corrected chi connectivity index (χ3v) is 8.12. The number of ether oxygens (including phenoxy) is 3. The molecule has 4 atom stereocenters. The second kappa shape index (κ2) is 14.6. The van der Waals surface area contributed by atoms with Gasteiger partial charge < -0.3 is 35.5 Å². The van der Waals surface area contributed by atoms with Gasteiger partial charge in [0.15, 0.2) is 0 Å². The molecule has 39 heavy (non-hydrogen) atoms. The predicted octanol–water partition coefficient (Wildman–Crippen LogP) is 3.05. The van der Waals surface area contributed by atoms with Gasteiger partial charge in [0.05, 0.1) is 31.3 Å². The van der Waals surface area contributed by atoms with Crippen LogP contribution in [0.4, 0.5) is 0 Å². The first-order valence-electron chi connectivity index (χ1n) is 14.2. The van der Waals surface area contributed by atoms with E-state index in [0.29, 0.717) is 49.3 Å². The number of nitrogens with zero attached hydrogens (tertiary/aromatic N) is 2. The van der Waals surface area contributed by atoms with E-state index < -0.39 is 0 Å². The van der Waals surface area contributed by atoms with E-state index in [1.807, 2.05) is 17.9 Å². The van der Waals surface area contributed by atoms with Crippen LogP contribution in [0.1, 0.15) is 57.1 Å². The standard InChI is InChI=1S/C30H45N5O4/c1-21(22(2)32-18-25-10-7-11-27(39-25)23-8-5-4-6-9-23)29(33-20-31)30(36)35-15-12-24(13-16-35)34-26-14-17-38-19-28(26)37-3/h4-6,8-9,20,24-28,32,34H,2,7,10-19H2,1,3H3,(H2,31,33)/b29-21-/t25-,26+,27+,28-/m1/s1. The summed E-state index contributed by atoms with van der Waals surface area (Å²) in [6, 6.07) is 11.0. The SMILES string of the molecule is C=C(NC[C@H]1CCC[C@@H](c2ccccc2)O1)/C(C)=C(\N=C/N)C(=O)N1CCC(N[C@H]2CCOC[C@H]2OC)CC1. The van der Waals surface area contributed by atoms with Crippen LogP contribution in [0, 0.1) is 0 Å². The van der Waals surface area contributed by atoms with E-state index in [-0.39, 0.29) is 30.3 Å². The molecule has 3 aliphatic rings. The van der Waals surface area contributed by atoms with E-state index >= 15 is 0 Å². The van der Waals surface area contributed by atoms with Crippen molar-refractivity contribution in [3.8, 4) is 0 Å². The lowest BCUT2D eigenvalue weighted by Crippen LogP contribution is -2.54. The molecule has 1 aromatic carbocycles. The number of nitrogens with one attached hydrogen (secondary N) is 2. The number of carbonyl (C=O) groups excluding carboxylic acids is 1. The van der Waals surface area contributed by atoms with Crippen molar-refractivity contribution < 1.29 is 19.0 Å². The number of piperidine rings is 1. The summed E-state index contributed by atoms with van der Waals surface area (Å²) in [5.74, 6) is -0.116. The number of nitrogens with two attached hydrogens (primary N) is 1. The van der Waals surface area contributed by atoms with Crippen LogP contribution in [0.3, 0.4) is 0 Å². The Kier molecular flexibility index (Phi) is 11.0. The van der Waals surface area contributed by atoms with Crippen molar-refractivity contribution in [3.05, 3.63) is 59.4 Å². The molecule has 1 amide bonds. The minimum Gasteiger partial charge on any atom is -0.390 e. The first-order valence-corrected chi connectivity index (χ1v) is 14.2. The topological polar surface area (TPSA) is 110 Å². The van der Waals surface area contributed by atoms with E-state index in [0.717, 1.165) is 45.1 Å². The second-order valence-corrected chi connectivity index (χ2v) is 10.7. The molecule has 0 aliphatic carbocycles. The average Bonchev–Trinajstić information content (AvgIpc) is 2.99. The second-order valence-electron chi connectivity index (χ2n) is 10.7. The van der Waals surface area contributed by atoms with Crippen molar-refractivity contribution in [1.82, 2.24) is 15.5 Å². The summed E-state index contributed by atoms with van der Waals surface area (Å²) < 4.78 is 17.5. The molecular formula is C30H45N5O4. The minimum atomic E-state index is -0.116. The molecule has 0 bridgehead atoms. The van der Waals surface area contributed by atoms with Crippen molar-refractivity contribution in [2.24, 2.45) is 10.7 Å². The number of rotatable bonds is 10. The molecule has 1 aromatic rings. The highest BCUT2D eigenvalue weighted by Gasteiger charge is 2.31. The van der Waals surface area contributed by atoms with Crippen LogP contribution in [-0.4, -0.2) is 81.4 Å². The zero-order chi connectivity index (χ0) is 27.6. The molecule has 4 rings (SSSR count). The minimum absolute atomic E-state index is 0.0660. The summed E-state index contributed by atoms with van der Waals surface area (Å²) in [5.41, 5.74) is 8.56. The molecule has 9 nitrogen and oxygen atoms in total.